The van der Waals surface area contributed by atoms with Crippen molar-refractivity contribution < 1.29 is 19.4 Å². The van der Waals surface area contributed by atoms with E-state index < -0.39 is 17.9 Å². The summed E-state index contributed by atoms with van der Waals surface area (Å²) in [5.74, 6) is 0.319. The lowest BCUT2D eigenvalue weighted by Gasteiger charge is -2.19. The summed E-state index contributed by atoms with van der Waals surface area (Å²) < 4.78 is 6.23. The molecule has 5 rings (SSSR count). The highest BCUT2D eigenvalue weighted by molar-refractivity contribution is 6.42. The highest BCUT2D eigenvalue weighted by atomic mass is 35.5. The Morgan fingerprint density at radius 3 is 2.32 bits per heavy atom. The quantitative estimate of drug-likeness (QED) is 0.182. The van der Waals surface area contributed by atoms with Gasteiger partial charge in [0.05, 0.1) is 10.0 Å². The Morgan fingerprint density at radius 2 is 1.66 bits per heavy atom. The maximum atomic E-state index is 13.4. The van der Waals surface area contributed by atoms with Crippen molar-refractivity contribution in [1.29, 1.82) is 0 Å². The Bertz CT molecular complexity index is 1660. The molecule has 0 aliphatic heterocycles. The first-order chi connectivity index (χ1) is 21.0. The number of amides is 1. The van der Waals surface area contributed by atoms with E-state index in [0.29, 0.717) is 28.1 Å². The normalized spacial score (nSPS) is 14.5. The van der Waals surface area contributed by atoms with Crippen molar-refractivity contribution in [3.63, 3.8) is 0 Å². The molecule has 0 saturated heterocycles. The first kappa shape index (κ1) is 31.8. The highest BCUT2D eigenvalue weighted by Crippen LogP contribution is 2.33. The minimum atomic E-state index is -1.11. The van der Waals surface area contributed by atoms with Crippen molar-refractivity contribution in [3.8, 4) is 11.5 Å². The van der Waals surface area contributed by atoms with Crippen molar-refractivity contribution in [3.05, 3.63) is 99.3 Å². The van der Waals surface area contributed by atoms with E-state index in [9.17, 15) is 14.7 Å². The van der Waals surface area contributed by atoms with E-state index >= 15 is 0 Å². The third-order valence-electron chi connectivity index (χ3n) is 8.34. The van der Waals surface area contributed by atoms with Crippen LogP contribution in [0.25, 0.3) is 10.8 Å². The van der Waals surface area contributed by atoms with Gasteiger partial charge in [0.1, 0.15) is 23.2 Å². The molecule has 6 nitrogen and oxygen atoms in total. The Labute approximate surface area is 268 Å². The standard InChI is InChI=1S/C36H38Cl2N2O4/c1-36(2,3)25-11-14-26(15-12-25)44-27-13-10-24-20-33(39-32(28(24)21-27)19-22-6-4-5-7-22)34(41)40-31(35(42)43)17-9-23-8-16-29(37)30(38)18-23/h8,10-16,18,20-22,31H,4-7,9,17,19H2,1-3H3,(H,40,41)(H,42,43). The van der Waals surface area contributed by atoms with Gasteiger partial charge in [-0.1, -0.05) is 93.9 Å². The predicted octanol–water partition coefficient (Wildman–Crippen LogP) is 9.18. The number of hydrogen-bond donors (Lipinski definition) is 2. The SMILES string of the molecule is CC(C)(C)c1ccc(Oc2ccc3cc(C(=O)NC(CCc4ccc(Cl)c(Cl)c4)C(=O)O)nc(CC4CCCC4)c3c2)cc1. The number of nitrogens with zero attached hydrogens (tertiary/aromatic N) is 1. The summed E-state index contributed by atoms with van der Waals surface area (Å²) in [5, 5.41) is 15.2. The number of carboxylic acid groups (broad SMARTS) is 1. The van der Waals surface area contributed by atoms with Gasteiger partial charge in [-0.25, -0.2) is 9.78 Å². The molecule has 1 unspecified atom stereocenters. The average Bonchev–Trinajstić information content (AvgIpc) is 3.50. The van der Waals surface area contributed by atoms with Gasteiger partial charge in [0, 0.05) is 11.1 Å². The van der Waals surface area contributed by atoms with Gasteiger partial charge in [0.15, 0.2) is 0 Å². The zero-order chi connectivity index (χ0) is 31.4. The van der Waals surface area contributed by atoms with Crippen LogP contribution >= 0.6 is 23.2 Å². The number of aryl methyl sites for hydroxylation is 1. The first-order valence-electron chi connectivity index (χ1n) is 15.2. The fourth-order valence-electron chi connectivity index (χ4n) is 5.77. The molecule has 1 fully saturated rings. The Morgan fingerprint density at radius 1 is 0.955 bits per heavy atom. The number of fused-ring (bicyclic) bond motifs is 1. The molecule has 1 atom stereocenters. The number of halogens is 2. The van der Waals surface area contributed by atoms with E-state index in [1.165, 1.54) is 18.4 Å². The van der Waals surface area contributed by atoms with Gasteiger partial charge in [-0.2, -0.15) is 0 Å². The number of carbonyl (C=O) groups is 2. The van der Waals surface area contributed by atoms with Gasteiger partial charge >= 0.3 is 5.97 Å². The van der Waals surface area contributed by atoms with Crippen LogP contribution in [0.15, 0.2) is 66.7 Å². The number of carbonyl (C=O) groups excluding carboxylic acids is 1. The lowest BCUT2D eigenvalue weighted by atomic mass is 9.87. The van der Waals surface area contributed by atoms with E-state index in [-0.39, 0.29) is 17.5 Å². The molecule has 1 aromatic heterocycles. The third-order valence-corrected chi connectivity index (χ3v) is 9.08. The van der Waals surface area contributed by atoms with Crippen LogP contribution in [0, 0.1) is 5.92 Å². The summed E-state index contributed by atoms with van der Waals surface area (Å²) in [6, 6.07) is 19.8. The zero-order valence-corrected chi connectivity index (χ0v) is 26.8. The molecule has 1 amide bonds. The molecule has 0 spiro atoms. The molecule has 3 aromatic carbocycles. The smallest absolute Gasteiger partial charge is 0.326 e. The van der Waals surface area contributed by atoms with Crippen molar-refractivity contribution >= 4 is 45.9 Å². The summed E-state index contributed by atoms with van der Waals surface area (Å²) in [4.78, 5) is 30.3. The molecule has 8 heteroatoms. The molecule has 230 valence electrons. The number of ether oxygens (including phenoxy) is 1. The van der Waals surface area contributed by atoms with Gasteiger partial charge in [0.25, 0.3) is 5.91 Å². The van der Waals surface area contributed by atoms with E-state index in [1.54, 1.807) is 24.3 Å². The third kappa shape index (κ3) is 7.91. The minimum Gasteiger partial charge on any atom is -0.480 e. The summed E-state index contributed by atoms with van der Waals surface area (Å²) in [6.07, 6.45) is 6.01. The number of hydrogen-bond acceptors (Lipinski definition) is 4. The van der Waals surface area contributed by atoms with Crippen LogP contribution < -0.4 is 10.1 Å². The molecule has 2 N–H and O–H groups in total. The predicted molar refractivity (Wildman–Crippen MR) is 176 cm³/mol. The fraction of sp³-hybridized carbons (Fsp3) is 0.361. The number of carboxylic acids is 1. The van der Waals surface area contributed by atoms with Crippen LogP contribution in [-0.2, 0) is 23.1 Å². The summed E-state index contributed by atoms with van der Waals surface area (Å²) >= 11 is 12.1. The minimum absolute atomic E-state index is 0.0573. The molecule has 1 saturated carbocycles. The summed E-state index contributed by atoms with van der Waals surface area (Å²) in [7, 11) is 0. The maximum Gasteiger partial charge on any atom is 0.326 e. The van der Waals surface area contributed by atoms with E-state index in [0.717, 1.165) is 47.0 Å². The van der Waals surface area contributed by atoms with Crippen LogP contribution in [-0.4, -0.2) is 28.0 Å². The van der Waals surface area contributed by atoms with Crippen molar-refractivity contribution in [2.45, 2.75) is 77.2 Å². The number of nitrogens with one attached hydrogen (secondary N) is 1. The Kier molecular flexibility index (Phi) is 9.81. The second-order valence-electron chi connectivity index (χ2n) is 12.7. The van der Waals surface area contributed by atoms with Crippen LogP contribution in [0.4, 0.5) is 0 Å². The maximum absolute atomic E-state index is 13.4. The molecular formula is C36H38Cl2N2O4. The molecule has 1 aliphatic carbocycles. The number of rotatable bonds is 10. The van der Waals surface area contributed by atoms with Gasteiger partial charge in [-0.05, 0) is 89.6 Å². The monoisotopic (exact) mass is 632 g/mol. The lowest BCUT2D eigenvalue weighted by Crippen LogP contribution is -2.41. The molecular weight excluding hydrogens is 595 g/mol. The lowest BCUT2D eigenvalue weighted by molar-refractivity contribution is -0.139. The fourth-order valence-corrected chi connectivity index (χ4v) is 6.10. The molecule has 4 aromatic rings. The van der Waals surface area contributed by atoms with Gasteiger partial charge < -0.3 is 15.2 Å². The van der Waals surface area contributed by atoms with Gasteiger partial charge in [-0.15, -0.1) is 0 Å². The average molecular weight is 634 g/mol. The molecule has 0 bridgehead atoms. The topological polar surface area (TPSA) is 88.5 Å². The molecule has 1 aliphatic rings. The Balaban J connectivity index is 1.38. The summed E-state index contributed by atoms with van der Waals surface area (Å²) in [6.45, 7) is 6.54. The van der Waals surface area contributed by atoms with Crippen LogP contribution in [0.3, 0.4) is 0 Å². The van der Waals surface area contributed by atoms with Crippen LogP contribution in [0.5, 0.6) is 11.5 Å². The largest absolute Gasteiger partial charge is 0.480 e. The number of benzene rings is 3. The van der Waals surface area contributed by atoms with Crippen molar-refractivity contribution in [2.75, 3.05) is 0 Å². The van der Waals surface area contributed by atoms with Gasteiger partial charge in [-0.3, -0.25) is 4.79 Å². The molecule has 0 radical (unpaired) electrons. The van der Waals surface area contributed by atoms with Crippen molar-refractivity contribution in [1.82, 2.24) is 10.3 Å². The molecule has 1 heterocycles. The molecule has 44 heavy (non-hydrogen) atoms. The first-order valence-corrected chi connectivity index (χ1v) is 15.9. The van der Waals surface area contributed by atoms with E-state index in [4.69, 9.17) is 32.9 Å². The second-order valence-corrected chi connectivity index (χ2v) is 13.5. The Hall–Kier alpha value is -3.61. The van der Waals surface area contributed by atoms with E-state index in [2.05, 4.69) is 38.2 Å². The van der Waals surface area contributed by atoms with Crippen LogP contribution in [0.2, 0.25) is 10.0 Å². The van der Waals surface area contributed by atoms with Gasteiger partial charge in [0.2, 0.25) is 0 Å². The van der Waals surface area contributed by atoms with E-state index in [1.807, 2.05) is 30.3 Å². The van der Waals surface area contributed by atoms with Crippen molar-refractivity contribution in [2.24, 2.45) is 5.92 Å². The highest BCUT2D eigenvalue weighted by Gasteiger charge is 2.24. The summed E-state index contributed by atoms with van der Waals surface area (Å²) in [5.41, 5.74) is 3.16. The number of aliphatic carboxylic acids is 1. The zero-order valence-electron chi connectivity index (χ0n) is 25.3. The number of aromatic nitrogens is 1. The second kappa shape index (κ2) is 13.6. The van der Waals surface area contributed by atoms with Crippen LogP contribution in [0.1, 0.15) is 80.2 Å². The number of pyridine rings is 1.